The number of hydrogen-bond acceptors (Lipinski definition) is 4. The van der Waals surface area contributed by atoms with E-state index in [1.165, 1.54) is 12.5 Å². The highest BCUT2D eigenvalue weighted by Gasteiger charge is 2.15. The molecule has 0 spiro atoms. The van der Waals surface area contributed by atoms with E-state index in [9.17, 15) is 4.79 Å². The van der Waals surface area contributed by atoms with Gasteiger partial charge in [0.15, 0.2) is 0 Å². The Hall–Kier alpha value is -3.57. The minimum Gasteiger partial charge on any atom is -0.322 e. The maximum absolute atomic E-state index is 12.8. The second-order valence-electron chi connectivity index (χ2n) is 6.44. The number of halogens is 1. The molecule has 6 heteroatoms. The van der Waals surface area contributed by atoms with Crippen molar-refractivity contribution >= 4 is 23.2 Å². The first-order valence-corrected chi connectivity index (χ1v) is 9.43. The fourth-order valence-electron chi connectivity index (χ4n) is 2.95. The van der Waals surface area contributed by atoms with Gasteiger partial charge in [0.1, 0.15) is 6.33 Å². The van der Waals surface area contributed by atoms with Crippen LogP contribution in [0.2, 0.25) is 5.02 Å². The van der Waals surface area contributed by atoms with E-state index in [1.54, 1.807) is 18.3 Å². The van der Waals surface area contributed by atoms with Crippen LogP contribution in [0.25, 0.3) is 11.3 Å². The highest BCUT2D eigenvalue weighted by atomic mass is 35.5. The lowest BCUT2D eigenvalue weighted by atomic mass is 10.1. The normalized spacial score (nSPS) is 10.5. The van der Waals surface area contributed by atoms with Crippen molar-refractivity contribution < 1.29 is 4.79 Å². The average Bonchev–Trinajstić information content (AvgIpc) is 2.76. The van der Waals surface area contributed by atoms with E-state index in [-0.39, 0.29) is 5.91 Å². The monoisotopic (exact) mass is 400 g/mol. The molecule has 0 saturated carbocycles. The largest absolute Gasteiger partial charge is 0.322 e. The van der Waals surface area contributed by atoms with Gasteiger partial charge in [-0.2, -0.15) is 0 Å². The summed E-state index contributed by atoms with van der Waals surface area (Å²) in [5, 5.41) is 3.53. The predicted molar refractivity (Wildman–Crippen MR) is 114 cm³/mol. The SMILES string of the molecule is O=C(Nc1ccc(Cc2ccccn2)cc1)c1cncnc1-c1ccc(Cl)cc1. The molecule has 2 aromatic carbocycles. The van der Waals surface area contributed by atoms with E-state index in [0.29, 0.717) is 22.0 Å². The smallest absolute Gasteiger partial charge is 0.259 e. The van der Waals surface area contributed by atoms with Crippen LogP contribution in [0, 0.1) is 0 Å². The summed E-state index contributed by atoms with van der Waals surface area (Å²) in [6, 6.07) is 20.7. The lowest BCUT2D eigenvalue weighted by molar-refractivity contribution is 0.102. The molecule has 4 rings (SSSR count). The molecule has 142 valence electrons. The molecule has 0 fully saturated rings. The summed E-state index contributed by atoms with van der Waals surface area (Å²) in [4.78, 5) is 25.4. The van der Waals surface area contributed by atoms with Gasteiger partial charge >= 0.3 is 0 Å². The van der Waals surface area contributed by atoms with Gasteiger partial charge in [-0.05, 0) is 42.0 Å². The quantitative estimate of drug-likeness (QED) is 0.510. The molecule has 0 saturated heterocycles. The zero-order valence-corrected chi connectivity index (χ0v) is 16.2. The minimum absolute atomic E-state index is 0.270. The molecule has 1 N–H and O–H groups in total. The van der Waals surface area contributed by atoms with Gasteiger partial charge in [0.2, 0.25) is 0 Å². The number of nitrogens with zero attached hydrogens (tertiary/aromatic N) is 3. The van der Waals surface area contributed by atoms with Crippen LogP contribution < -0.4 is 5.32 Å². The first-order valence-electron chi connectivity index (χ1n) is 9.05. The number of nitrogens with one attached hydrogen (secondary N) is 1. The van der Waals surface area contributed by atoms with Crippen molar-refractivity contribution in [1.82, 2.24) is 15.0 Å². The lowest BCUT2D eigenvalue weighted by Crippen LogP contribution is -2.14. The molecule has 4 aromatic rings. The Balaban J connectivity index is 1.50. The fraction of sp³-hybridized carbons (Fsp3) is 0.0435. The van der Waals surface area contributed by atoms with Crippen molar-refractivity contribution in [2.45, 2.75) is 6.42 Å². The number of amides is 1. The first-order chi connectivity index (χ1) is 14.2. The molecule has 0 atom stereocenters. The van der Waals surface area contributed by atoms with Crippen LogP contribution in [0.1, 0.15) is 21.6 Å². The van der Waals surface area contributed by atoms with Crippen LogP contribution in [0.4, 0.5) is 5.69 Å². The molecule has 0 radical (unpaired) electrons. The molecule has 29 heavy (non-hydrogen) atoms. The van der Waals surface area contributed by atoms with Crippen molar-refractivity contribution in [3.8, 4) is 11.3 Å². The Morgan fingerprint density at radius 2 is 1.72 bits per heavy atom. The summed E-state index contributed by atoms with van der Waals surface area (Å²) in [5.74, 6) is -0.270. The van der Waals surface area contributed by atoms with Crippen molar-refractivity contribution in [3.05, 3.63) is 107 Å². The van der Waals surface area contributed by atoms with Crippen LogP contribution >= 0.6 is 11.6 Å². The number of carbonyl (C=O) groups excluding carboxylic acids is 1. The van der Waals surface area contributed by atoms with Crippen molar-refractivity contribution in [3.63, 3.8) is 0 Å². The maximum Gasteiger partial charge on any atom is 0.259 e. The topological polar surface area (TPSA) is 67.8 Å². The fourth-order valence-corrected chi connectivity index (χ4v) is 3.08. The molecule has 2 aromatic heterocycles. The summed E-state index contributed by atoms with van der Waals surface area (Å²) < 4.78 is 0. The summed E-state index contributed by atoms with van der Waals surface area (Å²) in [7, 11) is 0. The zero-order chi connectivity index (χ0) is 20.1. The Bertz CT molecular complexity index is 1110. The van der Waals surface area contributed by atoms with E-state index in [0.717, 1.165) is 23.2 Å². The van der Waals surface area contributed by atoms with Crippen LogP contribution in [0.15, 0.2) is 85.5 Å². The van der Waals surface area contributed by atoms with Crippen molar-refractivity contribution in [2.75, 3.05) is 5.32 Å². The molecule has 1 amide bonds. The number of aromatic nitrogens is 3. The number of carbonyl (C=O) groups is 1. The third-order valence-electron chi connectivity index (χ3n) is 4.40. The molecule has 0 aliphatic heterocycles. The Kier molecular flexibility index (Phi) is 5.59. The second kappa shape index (κ2) is 8.63. The molecule has 5 nitrogen and oxygen atoms in total. The second-order valence-corrected chi connectivity index (χ2v) is 6.88. The van der Waals surface area contributed by atoms with Crippen LogP contribution in [-0.2, 0) is 6.42 Å². The lowest BCUT2D eigenvalue weighted by Gasteiger charge is -2.10. The van der Waals surface area contributed by atoms with Gasteiger partial charge in [-0.1, -0.05) is 41.9 Å². The number of hydrogen-bond donors (Lipinski definition) is 1. The average molecular weight is 401 g/mol. The van der Waals surface area contributed by atoms with E-state index in [1.807, 2.05) is 54.6 Å². The predicted octanol–water partition coefficient (Wildman–Crippen LogP) is 5.04. The molecular weight excluding hydrogens is 384 g/mol. The van der Waals surface area contributed by atoms with Gasteiger partial charge in [0, 0.05) is 40.8 Å². The van der Waals surface area contributed by atoms with Gasteiger partial charge in [0.05, 0.1) is 11.3 Å². The van der Waals surface area contributed by atoms with E-state index < -0.39 is 0 Å². The third kappa shape index (κ3) is 4.65. The van der Waals surface area contributed by atoms with Crippen molar-refractivity contribution in [2.24, 2.45) is 0 Å². The van der Waals surface area contributed by atoms with E-state index in [2.05, 4.69) is 20.3 Å². The molecule has 0 aliphatic rings. The molecule has 0 aliphatic carbocycles. The Morgan fingerprint density at radius 3 is 2.45 bits per heavy atom. The van der Waals surface area contributed by atoms with E-state index in [4.69, 9.17) is 11.6 Å². The number of pyridine rings is 1. The molecular formula is C23H17ClN4O. The zero-order valence-electron chi connectivity index (χ0n) is 15.4. The van der Waals surface area contributed by atoms with Gasteiger partial charge in [0.25, 0.3) is 5.91 Å². The summed E-state index contributed by atoms with van der Waals surface area (Å²) in [6.45, 7) is 0. The molecule has 2 heterocycles. The van der Waals surface area contributed by atoms with Gasteiger partial charge in [-0.15, -0.1) is 0 Å². The number of benzene rings is 2. The van der Waals surface area contributed by atoms with Gasteiger partial charge < -0.3 is 5.32 Å². The first kappa shape index (κ1) is 18.8. The van der Waals surface area contributed by atoms with Gasteiger partial charge in [-0.25, -0.2) is 9.97 Å². The van der Waals surface area contributed by atoms with Crippen LogP contribution in [0.3, 0.4) is 0 Å². The summed E-state index contributed by atoms with van der Waals surface area (Å²) in [5.41, 5.74) is 4.57. The Morgan fingerprint density at radius 1 is 0.931 bits per heavy atom. The highest BCUT2D eigenvalue weighted by molar-refractivity contribution is 6.30. The Labute approximate surface area is 173 Å². The minimum atomic E-state index is -0.270. The highest BCUT2D eigenvalue weighted by Crippen LogP contribution is 2.23. The summed E-state index contributed by atoms with van der Waals surface area (Å²) >= 11 is 5.96. The summed E-state index contributed by atoms with van der Waals surface area (Å²) in [6.07, 6.45) is 5.46. The number of anilines is 1. The molecule has 0 bridgehead atoms. The van der Waals surface area contributed by atoms with Gasteiger partial charge in [-0.3, -0.25) is 9.78 Å². The van der Waals surface area contributed by atoms with Crippen LogP contribution in [-0.4, -0.2) is 20.9 Å². The van der Waals surface area contributed by atoms with Crippen LogP contribution in [0.5, 0.6) is 0 Å². The maximum atomic E-state index is 12.8. The van der Waals surface area contributed by atoms with Crippen molar-refractivity contribution in [1.29, 1.82) is 0 Å². The van der Waals surface area contributed by atoms with E-state index >= 15 is 0 Å². The third-order valence-corrected chi connectivity index (χ3v) is 4.65. The standard InChI is InChI=1S/C23H17ClN4O/c24-18-8-6-17(7-9-18)22-21(14-25-15-27-22)23(29)28-19-10-4-16(5-11-19)13-20-3-1-2-12-26-20/h1-12,14-15H,13H2,(H,28,29). The number of rotatable bonds is 5. The molecule has 0 unspecified atom stereocenters.